The SMILES string of the molecule is CCCNC(=O)CNC(=O)NCC1CCN(c2ccccc2)C1. The zero-order valence-corrected chi connectivity index (χ0v) is 13.7. The lowest BCUT2D eigenvalue weighted by molar-refractivity contribution is -0.120. The molecule has 6 heteroatoms. The van der Waals surface area contributed by atoms with Gasteiger partial charge >= 0.3 is 6.03 Å². The van der Waals surface area contributed by atoms with Crippen LogP contribution < -0.4 is 20.9 Å². The fourth-order valence-electron chi connectivity index (χ4n) is 2.66. The average Bonchev–Trinajstić information content (AvgIpc) is 3.06. The Balaban J connectivity index is 1.63. The van der Waals surface area contributed by atoms with Crippen molar-refractivity contribution in [1.82, 2.24) is 16.0 Å². The van der Waals surface area contributed by atoms with Crippen molar-refractivity contribution in [2.75, 3.05) is 37.6 Å². The van der Waals surface area contributed by atoms with Crippen LogP contribution in [0.25, 0.3) is 0 Å². The summed E-state index contributed by atoms with van der Waals surface area (Å²) in [5.74, 6) is 0.285. The number of anilines is 1. The number of hydrogen-bond acceptors (Lipinski definition) is 3. The molecule has 1 fully saturated rings. The zero-order valence-electron chi connectivity index (χ0n) is 13.7. The Morgan fingerprint density at radius 3 is 2.70 bits per heavy atom. The van der Waals surface area contributed by atoms with Gasteiger partial charge in [0.25, 0.3) is 0 Å². The largest absolute Gasteiger partial charge is 0.371 e. The minimum absolute atomic E-state index is 0.0205. The van der Waals surface area contributed by atoms with Crippen LogP contribution in [0.15, 0.2) is 30.3 Å². The molecule has 2 rings (SSSR count). The molecule has 6 nitrogen and oxygen atoms in total. The monoisotopic (exact) mass is 318 g/mol. The summed E-state index contributed by atoms with van der Waals surface area (Å²) in [7, 11) is 0. The second-order valence-corrected chi connectivity index (χ2v) is 5.85. The lowest BCUT2D eigenvalue weighted by atomic mass is 10.1. The van der Waals surface area contributed by atoms with Gasteiger partial charge in [-0.3, -0.25) is 4.79 Å². The predicted molar refractivity (Wildman–Crippen MR) is 91.5 cm³/mol. The van der Waals surface area contributed by atoms with E-state index in [0.717, 1.165) is 25.9 Å². The number of para-hydroxylation sites is 1. The Morgan fingerprint density at radius 2 is 1.96 bits per heavy atom. The first-order chi connectivity index (χ1) is 11.2. The average molecular weight is 318 g/mol. The highest BCUT2D eigenvalue weighted by Gasteiger charge is 2.22. The highest BCUT2D eigenvalue weighted by atomic mass is 16.2. The summed E-state index contributed by atoms with van der Waals surface area (Å²) in [5, 5.41) is 8.15. The summed E-state index contributed by atoms with van der Waals surface area (Å²) < 4.78 is 0. The van der Waals surface area contributed by atoms with Crippen molar-refractivity contribution in [1.29, 1.82) is 0 Å². The lowest BCUT2D eigenvalue weighted by Gasteiger charge is -2.18. The number of nitrogens with one attached hydrogen (secondary N) is 3. The van der Waals surface area contributed by atoms with Gasteiger partial charge in [0.2, 0.25) is 5.91 Å². The lowest BCUT2D eigenvalue weighted by Crippen LogP contribution is -2.43. The molecule has 1 saturated heterocycles. The van der Waals surface area contributed by atoms with Gasteiger partial charge in [0.1, 0.15) is 0 Å². The topological polar surface area (TPSA) is 73.5 Å². The molecule has 1 aromatic carbocycles. The molecule has 3 amide bonds. The standard InChI is InChI=1S/C17H26N4O2/c1-2-9-18-16(22)12-20-17(23)19-11-14-8-10-21(13-14)15-6-4-3-5-7-15/h3-7,14H,2,8-13H2,1H3,(H,18,22)(H2,19,20,23). The van der Waals surface area contributed by atoms with Crippen LogP contribution in [0.1, 0.15) is 19.8 Å². The molecule has 1 heterocycles. The number of hydrogen-bond donors (Lipinski definition) is 3. The number of amides is 3. The molecule has 0 spiro atoms. The van der Waals surface area contributed by atoms with Gasteiger partial charge in [-0.2, -0.15) is 0 Å². The molecule has 0 bridgehead atoms. The van der Waals surface area contributed by atoms with Crippen LogP contribution in [0.3, 0.4) is 0 Å². The third-order valence-electron chi connectivity index (χ3n) is 3.94. The third-order valence-corrected chi connectivity index (χ3v) is 3.94. The predicted octanol–water partition coefficient (Wildman–Crippen LogP) is 1.34. The van der Waals surface area contributed by atoms with Gasteiger partial charge in [-0.25, -0.2) is 4.79 Å². The first-order valence-corrected chi connectivity index (χ1v) is 8.27. The number of carbonyl (C=O) groups is 2. The first kappa shape index (κ1) is 17.1. The van der Waals surface area contributed by atoms with Gasteiger partial charge < -0.3 is 20.9 Å². The molecule has 0 aromatic heterocycles. The molecule has 1 aliphatic rings. The molecule has 1 unspecified atom stereocenters. The van der Waals surface area contributed by atoms with E-state index in [-0.39, 0.29) is 18.5 Å². The molecule has 1 atom stereocenters. The van der Waals surface area contributed by atoms with Crippen LogP contribution in [0.2, 0.25) is 0 Å². The van der Waals surface area contributed by atoms with Crippen molar-refractivity contribution in [2.24, 2.45) is 5.92 Å². The molecule has 1 aromatic rings. The Labute approximate surface area is 137 Å². The van der Waals surface area contributed by atoms with Gasteiger partial charge in [-0.05, 0) is 30.9 Å². The van der Waals surface area contributed by atoms with E-state index < -0.39 is 0 Å². The van der Waals surface area contributed by atoms with Crippen molar-refractivity contribution in [3.63, 3.8) is 0 Å². The Hall–Kier alpha value is -2.24. The van der Waals surface area contributed by atoms with E-state index in [1.807, 2.05) is 25.1 Å². The van der Waals surface area contributed by atoms with Crippen LogP contribution in [0.4, 0.5) is 10.5 Å². The van der Waals surface area contributed by atoms with Crippen molar-refractivity contribution in [2.45, 2.75) is 19.8 Å². The van der Waals surface area contributed by atoms with Crippen LogP contribution in [-0.4, -0.2) is 44.7 Å². The number of urea groups is 1. The fraction of sp³-hybridized carbons (Fsp3) is 0.529. The van der Waals surface area contributed by atoms with E-state index >= 15 is 0 Å². The van der Waals surface area contributed by atoms with E-state index in [1.165, 1.54) is 5.69 Å². The maximum atomic E-state index is 11.7. The molecule has 0 saturated carbocycles. The molecule has 0 aliphatic carbocycles. The summed E-state index contributed by atoms with van der Waals surface area (Å²) in [6.45, 7) is 5.23. The van der Waals surface area contributed by atoms with E-state index in [1.54, 1.807) is 0 Å². The van der Waals surface area contributed by atoms with Crippen LogP contribution in [-0.2, 0) is 4.79 Å². The van der Waals surface area contributed by atoms with E-state index in [2.05, 4.69) is 33.0 Å². The molecule has 126 valence electrons. The number of rotatable bonds is 7. The maximum absolute atomic E-state index is 11.7. The number of nitrogens with zero attached hydrogens (tertiary/aromatic N) is 1. The first-order valence-electron chi connectivity index (χ1n) is 8.27. The summed E-state index contributed by atoms with van der Waals surface area (Å²) in [6.07, 6.45) is 1.95. The van der Waals surface area contributed by atoms with Gasteiger partial charge in [-0.1, -0.05) is 25.1 Å². The molecular weight excluding hydrogens is 292 g/mol. The van der Waals surface area contributed by atoms with Crippen LogP contribution >= 0.6 is 0 Å². The highest BCUT2D eigenvalue weighted by Crippen LogP contribution is 2.22. The van der Waals surface area contributed by atoms with E-state index in [0.29, 0.717) is 19.0 Å². The van der Waals surface area contributed by atoms with E-state index in [9.17, 15) is 9.59 Å². The fourth-order valence-corrected chi connectivity index (χ4v) is 2.66. The second kappa shape index (κ2) is 9.02. The Bertz CT molecular complexity index is 507. The zero-order chi connectivity index (χ0) is 16.5. The van der Waals surface area contributed by atoms with Gasteiger partial charge in [0, 0.05) is 31.9 Å². The van der Waals surface area contributed by atoms with Gasteiger partial charge in [0.05, 0.1) is 6.54 Å². The van der Waals surface area contributed by atoms with Crippen molar-refractivity contribution in [3.8, 4) is 0 Å². The summed E-state index contributed by atoms with van der Waals surface area (Å²) in [4.78, 5) is 25.5. The molecule has 23 heavy (non-hydrogen) atoms. The number of carbonyl (C=O) groups excluding carboxylic acids is 2. The number of benzene rings is 1. The molecular formula is C17H26N4O2. The van der Waals surface area contributed by atoms with Gasteiger partial charge in [-0.15, -0.1) is 0 Å². The Morgan fingerprint density at radius 1 is 1.17 bits per heavy atom. The summed E-state index contributed by atoms with van der Waals surface area (Å²) in [5.41, 5.74) is 1.23. The smallest absolute Gasteiger partial charge is 0.315 e. The van der Waals surface area contributed by atoms with Crippen LogP contribution in [0, 0.1) is 5.92 Å². The maximum Gasteiger partial charge on any atom is 0.315 e. The van der Waals surface area contributed by atoms with Crippen LogP contribution in [0.5, 0.6) is 0 Å². The minimum atomic E-state index is -0.283. The van der Waals surface area contributed by atoms with E-state index in [4.69, 9.17) is 0 Å². The Kier molecular flexibility index (Phi) is 6.72. The molecule has 0 radical (unpaired) electrons. The van der Waals surface area contributed by atoms with Crippen molar-refractivity contribution < 1.29 is 9.59 Å². The quantitative estimate of drug-likeness (QED) is 0.710. The minimum Gasteiger partial charge on any atom is -0.371 e. The highest BCUT2D eigenvalue weighted by molar-refractivity contribution is 5.83. The van der Waals surface area contributed by atoms with Crippen molar-refractivity contribution in [3.05, 3.63) is 30.3 Å². The molecule has 3 N–H and O–H groups in total. The normalized spacial score (nSPS) is 16.9. The summed E-state index contributed by atoms with van der Waals surface area (Å²) in [6, 6.07) is 10.0. The van der Waals surface area contributed by atoms with Crippen molar-refractivity contribution >= 4 is 17.6 Å². The molecule has 1 aliphatic heterocycles. The second-order valence-electron chi connectivity index (χ2n) is 5.85. The third kappa shape index (κ3) is 5.81. The summed E-state index contributed by atoms with van der Waals surface area (Å²) >= 11 is 0. The van der Waals surface area contributed by atoms with Gasteiger partial charge in [0.15, 0.2) is 0 Å².